The lowest BCUT2D eigenvalue weighted by molar-refractivity contribution is -0.157. The highest BCUT2D eigenvalue weighted by molar-refractivity contribution is 5.91. The van der Waals surface area contributed by atoms with Crippen LogP contribution in [0.5, 0.6) is 0 Å². The zero-order valence-electron chi connectivity index (χ0n) is 22.1. The lowest BCUT2D eigenvalue weighted by Gasteiger charge is -2.46. The smallest absolute Gasteiger partial charge is 0.246 e. The Kier molecular flexibility index (Phi) is 9.11. The van der Waals surface area contributed by atoms with Crippen LogP contribution in [0.1, 0.15) is 48.3 Å². The number of carbonyl (C=O) groups excluding carboxylic acids is 1. The maximum absolute atomic E-state index is 13.4. The number of piperidine rings is 2. The van der Waals surface area contributed by atoms with E-state index in [1.165, 1.54) is 29.3 Å². The van der Waals surface area contributed by atoms with Gasteiger partial charge in [0.25, 0.3) is 0 Å². The van der Waals surface area contributed by atoms with E-state index < -0.39 is 17.2 Å². The third kappa shape index (κ3) is 6.64. The van der Waals surface area contributed by atoms with Gasteiger partial charge < -0.3 is 19.3 Å². The minimum Gasteiger partial charge on any atom is -0.377 e. The predicted molar refractivity (Wildman–Crippen MR) is 141 cm³/mol. The number of carbonyl (C=O) groups is 1. The Morgan fingerprint density at radius 1 is 1.03 bits per heavy atom. The molecule has 2 aliphatic heterocycles. The number of likely N-dealkylation sites (tertiary alicyclic amines) is 2. The summed E-state index contributed by atoms with van der Waals surface area (Å²) in [6.07, 6.45) is 6.44. The average molecular weight is 513 g/mol. The van der Waals surface area contributed by atoms with E-state index in [1.807, 2.05) is 0 Å². The van der Waals surface area contributed by atoms with Crippen LogP contribution in [-0.4, -0.2) is 74.4 Å². The van der Waals surface area contributed by atoms with Crippen molar-refractivity contribution in [2.75, 3.05) is 46.9 Å². The molecule has 37 heavy (non-hydrogen) atoms. The molecule has 0 N–H and O–H groups in total. The van der Waals surface area contributed by atoms with Crippen LogP contribution in [0.3, 0.4) is 0 Å². The first-order chi connectivity index (χ1) is 17.8. The summed E-state index contributed by atoms with van der Waals surface area (Å²) < 4.78 is 38.6. The Morgan fingerprint density at radius 2 is 1.70 bits per heavy atom. The molecule has 1 amide bonds. The zero-order chi connectivity index (χ0) is 26.4. The lowest BCUT2D eigenvalue weighted by atomic mass is 9.84. The second-order valence-corrected chi connectivity index (χ2v) is 10.3. The van der Waals surface area contributed by atoms with Crippen LogP contribution >= 0.6 is 0 Å². The first-order valence-corrected chi connectivity index (χ1v) is 13.1. The van der Waals surface area contributed by atoms with Crippen LogP contribution in [0.4, 0.5) is 8.78 Å². The molecule has 1 atom stereocenters. The Morgan fingerprint density at radius 3 is 2.30 bits per heavy atom. The molecular formula is C30H38F2N2O3. The Labute approximate surface area is 219 Å². The van der Waals surface area contributed by atoms with E-state index in [0.29, 0.717) is 37.4 Å². The number of aryl methyl sites for hydroxylation is 1. The number of halogens is 2. The van der Waals surface area contributed by atoms with Crippen molar-refractivity contribution < 1.29 is 23.0 Å². The highest BCUT2D eigenvalue weighted by Crippen LogP contribution is 2.34. The van der Waals surface area contributed by atoms with Gasteiger partial charge in [0.1, 0.15) is 0 Å². The van der Waals surface area contributed by atoms with Crippen molar-refractivity contribution in [3.05, 3.63) is 76.9 Å². The number of rotatable bonds is 8. The molecular weight excluding hydrogens is 474 g/mol. The summed E-state index contributed by atoms with van der Waals surface area (Å²) in [5.41, 5.74) is 2.71. The van der Waals surface area contributed by atoms with Gasteiger partial charge in [-0.3, -0.25) is 4.79 Å². The van der Waals surface area contributed by atoms with Gasteiger partial charge in [0, 0.05) is 39.9 Å². The molecule has 0 aromatic heterocycles. The molecule has 5 nitrogen and oxygen atoms in total. The van der Waals surface area contributed by atoms with E-state index in [2.05, 4.69) is 36.1 Å². The van der Waals surface area contributed by atoms with Gasteiger partial charge >= 0.3 is 0 Å². The monoisotopic (exact) mass is 512 g/mol. The van der Waals surface area contributed by atoms with Gasteiger partial charge in [-0.25, -0.2) is 8.78 Å². The van der Waals surface area contributed by atoms with Crippen LogP contribution in [0.2, 0.25) is 0 Å². The molecule has 4 rings (SSSR count). The normalized spacial score (nSPS) is 19.9. The van der Waals surface area contributed by atoms with Gasteiger partial charge in [0.2, 0.25) is 5.91 Å². The summed E-state index contributed by atoms with van der Waals surface area (Å²) in [4.78, 5) is 17.0. The molecule has 2 saturated heterocycles. The average Bonchev–Trinajstić information content (AvgIpc) is 2.93. The summed E-state index contributed by atoms with van der Waals surface area (Å²) >= 11 is 0. The fraction of sp³-hybridized carbons (Fsp3) is 0.500. The summed E-state index contributed by atoms with van der Waals surface area (Å²) in [6, 6.07) is 12.5. The summed E-state index contributed by atoms with van der Waals surface area (Å²) in [6.45, 7) is 6.06. The van der Waals surface area contributed by atoms with Gasteiger partial charge in [-0.05, 0) is 81.0 Å². The molecule has 2 aromatic rings. The first kappa shape index (κ1) is 27.4. The fourth-order valence-corrected chi connectivity index (χ4v) is 5.63. The number of ether oxygens (including phenoxy) is 2. The quantitative estimate of drug-likeness (QED) is 0.457. The minimum atomic E-state index is -0.928. The van der Waals surface area contributed by atoms with Crippen molar-refractivity contribution >= 4 is 12.0 Å². The molecule has 0 spiro atoms. The largest absolute Gasteiger partial charge is 0.377 e. The van der Waals surface area contributed by atoms with Gasteiger partial charge in [0.15, 0.2) is 11.6 Å². The Hall–Kier alpha value is -2.61. The van der Waals surface area contributed by atoms with Gasteiger partial charge in [-0.1, -0.05) is 35.9 Å². The summed E-state index contributed by atoms with van der Waals surface area (Å²) in [7, 11) is 3.47. The number of benzene rings is 2. The molecule has 0 aliphatic carbocycles. The van der Waals surface area contributed by atoms with E-state index in [1.54, 1.807) is 19.1 Å². The van der Waals surface area contributed by atoms with Crippen molar-refractivity contribution in [2.45, 2.75) is 50.2 Å². The second kappa shape index (κ2) is 12.3. The molecule has 0 bridgehead atoms. The maximum atomic E-state index is 13.4. The van der Waals surface area contributed by atoms with E-state index >= 15 is 0 Å². The van der Waals surface area contributed by atoms with Crippen molar-refractivity contribution in [3.8, 4) is 0 Å². The molecule has 2 aliphatic rings. The van der Waals surface area contributed by atoms with Crippen molar-refractivity contribution in [3.63, 3.8) is 0 Å². The van der Waals surface area contributed by atoms with E-state index in [9.17, 15) is 13.6 Å². The van der Waals surface area contributed by atoms with Gasteiger partial charge in [-0.15, -0.1) is 0 Å². The molecule has 2 fully saturated rings. The molecule has 2 aromatic carbocycles. The third-order valence-electron chi connectivity index (χ3n) is 8.12. The first-order valence-electron chi connectivity index (χ1n) is 13.1. The fourth-order valence-electron chi connectivity index (χ4n) is 5.63. The highest BCUT2D eigenvalue weighted by Gasteiger charge is 2.43. The molecule has 0 radical (unpaired) electrons. The van der Waals surface area contributed by atoms with Crippen molar-refractivity contribution in [1.82, 2.24) is 9.80 Å². The van der Waals surface area contributed by atoms with Crippen molar-refractivity contribution in [2.24, 2.45) is 0 Å². The minimum absolute atomic E-state index is 0.0941. The summed E-state index contributed by atoms with van der Waals surface area (Å²) in [5.74, 6) is -1.38. The number of methoxy groups -OCH3 is 2. The van der Waals surface area contributed by atoms with Crippen LogP contribution < -0.4 is 0 Å². The van der Waals surface area contributed by atoms with E-state index in [-0.39, 0.29) is 12.0 Å². The zero-order valence-corrected chi connectivity index (χ0v) is 22.1. The topological polar surface area (TPSA) is 42.0 Å². The SMILES string of the molecule is COC(CN1CCC(c2ccc(C)cc2)CC1)C1(OC)CCN(C(=O)/C=C/c2ccc(F)c(F)c2)CC1. The van der Waals surface area contributed by atoms with Crippen LogP contribution in [0.15, 0.2) is 48.5 Å². The Bertz CT molecular complexity index is 1070. The number of hydrogen-bond acceptors (Lipinski definition) is 4. The van der Waals surface area contributed by atoms with Crippen LogP contribution in [0, 0.1) is 18.6 Å². The second-order valence-electron chi connectivity index (χ2n) is 10.3. The predicted octanol–water partition coefficient (Wildman–Crippen LogP) is 5.19. The van der Waals surface area contributed by atoms with Gasteiger partial charge in [-0.2, -0.15) is 0 Å². The third-order valence-corrected chi connectivity index (χ3v) is 8.12. The van der Waals surface area contributed by atoms with Gasteiger partial charge in [0.05, 0.1) is 11.7 Å². The van der Waals surface area contributed by atoms with Crippen LogP contribution in [-0.2, 0) is 14.3 Å². The number of hydrogen-bond donors (Lipinski definition) is 0. The Balaban J connectivity index is 1.30. The van der Waals surface area contributed by atoms with E-state index in [0.717, 1.165) is 44.6 Å². The van der Waals surface area contributed by atoms with Crippen molar-refractivity contribution in [1.29, 1.82) is 0 Å². The number of nitrogens with zero attached hydrogens (tertiary/aromatic N) is 2. The lowest BCUT2D eigenvalue weighted by Crippen LogP contribution is -2.57. The maximum Gasteiger partial charge on any atom is 0.246 e. The molecule has 1 unspecified atom stereocenters. The van der Waals surface area contributed by atoms with E-state index in [4.69, 9.17) is 9.47 Å². The molecule has 200 valence electrons. The standard InChI is InChI=1S/C30H38F2N2O3/c1-22-4-8-24(9-5-22)25-12-16-33(17-13-25)21-28(36-2)30(37-3)14-18-34(19-15-30)29(35)11-7-23-6-10-26(31)27(32)20-23/h4-11,20,25,28H,12-19,21H2,1-3H3/b11-7+. The summed E-state index contributed by atoms with van der Waals surface area (Å²) in [5, 5.41) is 0. The molecule has 0 saturated carbocycles. The molecule has 7 heteroatoms. The number of amides is 1. The highest BCUT2D eigenvalue weighted by atomic mass is 19.2. The van der Waals surface area contributed by atoms with Crippen LogP contribution in [0.25, 0.3) is 6.08 Å². The molecule has 2 heterocycles.